The summed E-state index contributed by atoms with van der Waals surface area (Å²) in [6, 6.07) is 14.4. The molecular formula is C48H61Br2FN10O6. The van der Waals surface area contributed by atoms with E-state index in [0.717, 1.165) is 84.9 Å². The molecular weight excluding hydrogens is 991 g/mol. The van der Waals surface area contributed by atoms with Crippen LogP contribution in [0.25, 0.3) is 27.9 Å². The van der Waals surface area contributed by atoms with Gasteiger partial charge in [-0.1, -0.05) is 39.8 Å². The van der Waals surface area contributed by atoms with Crippen molar-refractivity contribution >= 4 is 77.2 Å². The van der Waals surface area contributed by atoms with Crippen molar-refractivity contribution in [1.82, 2.24) is 39.9 Å². The van der Waals surface area contributed by atoms with Crippen LogP contribution >= 0.6 is 31.9 Å². The molecule has 6 aromatic rings. The van der Waals surface area contributed by atoms with Crippen LogP contribution < -0.4 is 10.6 Å². The predicted octanol–water partition coefficient (Wildman–Crippen LogP) is 10.9. The van der Waals surface area contributed by atoms with E-state index in [0.29, 0.717) is 51.2 Å². The van der Waals surface area contributed by atoms with E-state index in [1.165, 1.54) is 6.07 Å². The summed E-state index contributed by atoms with van der Waals surface area (Å²) in [4.78, 5) is 41.9. The standard InChI is InChI=1S/C24H30BrN5O3.C19H28N4O3.C5H3BrFN/c1-5-33-24(31)18-13-17(26-15-9-11-16(32-4)12-10-15)21-22(14(2)3)29-30(23(21)27-18)20-8-6-7-19(25)28-20;1-5-26-19(24)15-10-14(20-12-6-8-13(25-4)9-7-12)16-17(11(2)3)22-23-18(16)21-15;6-4-2-1-3-5(7)8-4/h6-8,13-16H,5,9-12H2,1-4H3,(H,26,27);10-13H,5-9H2,1-4H3,(H2,20,21,22,23);1-3H. The second-order valence-electron chi connectivity index (χ2n) is 17.0. The van der Waals surface area contributed by atoms with Crippen LogP contribution in [0.4, 0.5) is 15.8 Å². The van der Waals surface area contributed by atoms with Crippen LogP contribution in [0.3, 0.4) is 0 Å². The van der Waals surface area contributed by atoms with Gasteiger partial charge in [-0.25, -0.2) is 29.5 Å². The van der Waals surface area contributed by atoms with Crippen molar-refractivity contribution in [3.8, 4) is 5.82 Å². The maximum absolute atomic E-state index is 12.7. The molecule has 0 saturated heterocycles. The maximum atomic E-state index is 12.7. The molecule has 0 spiro atoms. The summed E-state index contributed by atoms with van der Waals surface area (Å²) in [6.07, 6.45) is 8.80. The molecule has 2 aliphatic rings. The molecule has 0 radical (unpaired) electrons. The lowest BCUT2D eigenvalue weighted by Crippen LogP contribution is -2.29. The summed E-state index contributed by atoms with van der Waals surface area (Å²) in [5.74, 6) is -0.275. The van der Waals surface area contributed by atoms with Gasteiger partial charge in [0.1, 0.15) is 9.21 Å². The number of fused-ring (bicyclic) bond motifs is 2. The van der Waals surface area contributed by atoms with Gasteiger partial charge in [-0.2, -0.15) is 19.3 Å². The average molecular weight is 1050 g/mol. The largest absolute Gasteiger partial charge is 0.461 e. The summed E-state index contributed by atoms with van der Waals surface area (Å²) >= 11 is 6.45. The van der Waals surface area contributed by atoms with Gasteiger partial charge in [0.2, 0.25) is 5.95 Å². The fourth-order valence-corrected chi connectivity index (χ4v) is 8.90. The minimum atomic E-state index is -0.459. The number of carbonyl (C=O) groups excluding carboxylic acids is 2. The fourth-order valence-electron chi connectivity index (χ4n) is 8.24. The van der Waals surface area contributed by atoms with Crippen molar-refractivity contribution in [2.24, 2.45) is 0 Å². The highest BCUT2D eigenvalue weighted by Gasteiger charge is 2.28. The first kappa shape index (κ1) is 51.3. The Balaban J connectivity index is 0.000000193. The first-order valence-corrected chi connectivity index (χ1v) is 24.5. The monoisotopic (exact) mass is 1050 g/mol. The number of rotatable bonds is 13. The van der Waals surface area contributed by atoms with E-state index < -0.39 is 17.9 Å². The number of methoxy groups -OCH3 is 2. The van der Waals surface area contributed by atoms with Crippen LogP contribution in [-0.2, 0) is 18.9 Å². The minimum Gasteiger partial charge on any atom is -0.461 e. The molecule has 2 fully saturated rings. The van der Waals surface area contributed by atoms with Gasteiger partial charge in [0.05, 0.1) is 41.9 Å². The van der Waals surface area contributed by atoms with Crippen molar-refractivity contribution in [2.45, 2.75) is 129 Å². The number of ether oxygens (including phenoxy) is 4. The molecule has 0 atom stereocenters. The molecule has 0 bridgehead atoms. The van der Waals surface area contributed by atoms with E-state index in [4.69, 9.17) is 29.0 Å². The van der Waals surface area contributed by atoms with Crippen LogP contribution in [-0.4, -0.2) is 104 Å². The Labute approximate surface area is 407 Å². The molecule has 2 saturated carbocycles. The van der Waals surface area contributed by atoms with Crippen LogP contribution in [0.1, 0.15) is 137 Å². The zero-order valence-electron chi connectivity index (χ0n) is 39.4. The molecule has 19 heteroatoms. The normalized spacial score (nSPS) is 18.2. The number of aromatic nitrogens is 8. The van der Waals surface area contributed by atoms with E-state index >= 15 is 0 Å². The summed E-state index contributed by atoms with van der Waals surface area (Å²) < 4.78 is 36.3. The van der Waals surface area contributed by atoms with Gasteiger partial charge < -0.3 is 29.6 Å². The number of aromatic amines is 1. The molecule has 6 heterocycles. The quantitative estimate of drug-likeness (QED) is 0.0730. The Morgan fingerprint density at radius 1 is 0.731 bits per heavy atom. The van der Waals surface area contributed by atoms with Crippen molar-refractivity contribution in [3.05, 3.63) is 86.5 Å². The first-order valence-electron chi connectivity index (χ1n) is 22.9. The molecule has 360 valence electrons. The predicted molar refractivity (Wildman–Crippen MR) is 264 cm³/mol. The zero-order valence-corrected chi connectivity index (χ0v) is 42.5. The maximum Gasteiger partial charge on any atom is 0.357 e. The number of nitrogens with one attached hydrogen (secondary N) is 3. The van der Waals surface area contributed by atoms with Gasteiger partial charge in [0, 0.05) is 43.4 Å². The Kier molecular flexibility index (Phi) is 18.6. The number of anilines is 2. The fraction of sp³-hybridized carbons (Fsp3) is 0.500. The topological polar surface area (TPSA) is 193 Å². The molecule has 6 aromatic heterocycles. The number of nitrogens with zero attached hydrogens (tertiary/aromatic N) is 7. The van der Waals surface area contributed by atoms with E-state index in [-0.39, 0.29) is 35.9 Å². The average Bonchev–Trinajstić information content (AvgIpc) is 3.94. The lowest BCUT2D eigenvalue weighted by atomic mass is 9.92. The van der Waals surface area contributed by atoms with Crippen molar-refractivity contribution < 1.29 is 32.9 Å². The van der Waals surface area contributed by atoms with Crippen molar-refractivity contribution in [3.63, 3.8) is 0 Å². The molecule has 0 aliphatic heterocycles. The molecule has 0 unspecified atom stereocenters. The van der Waals surface area contributed by atoms with Crippen LogP contribution in [0.5, 0.6) is 0 Å². The second kappa shape index (κ2) is 24.3. The molecule has 0 amide bonds. The minimum absolute atomic E-state index is 0.154. The Bertz CT molecular complexity index is 2570. The number of H-pyrrole nitrogens is 1. The summed E-state index contributed by atoms with van der Waals surface area (Å²) in [5.41, 5.74) is 5.36. The van der Waals surface area contributed by atoms with Crippen LogP contribution in [0, 0.1) is 5.95 Å². The Morgan fingerprint density at radius 2 is 1.25 bits per heavy atom. The highest BCUT2D eigenvalue weighted by atomic mass is 79.9. The van der Waals surface area contributed by atoms with E-state index in [1.54, 1.807) is 57.0 Å². The number of esters is 2. The third-order valence-corrected chi connectivity index (χ3v) is 12.5. The van der Waals surface area contributed by atoms with Crippen molar-refractivity contribution in [2.75, 3.05) is 38.1 Å². The number of hydrogen-bond donors (Lipinski definition) is 3. The Morgan fingerprint density at radius 3 is 1.72 bits per heavy atom. The molecule has 8 rings (SSSR count). The first-order chi connectivity index (χ1) is 32.2. The zero-order chi connectivity index (χ0) is 48.2. The summed E-state index contributed by atoms with van der Waals surface area (Å²) in [7, 11) is 3.55. The van der Waals surface area contributed by atoms with E-state index in [1.807, 2.05) is 18.2 Å². The van der Waals surface area contributed by atoms with Gasteiger partial charge in [-0.3, -0.25) is 5.10 Å². The lowest BCUT2D eigenvalue weighted by Gasteiger charge is -2.29. The molecule has 16 nitrogen and oxygen atoms in total. The van der Waals surface area contributed by atoms with Gasteiger partial charge in [0.15, 0.2) is 28.5 Å². The number of halogens is 3. The van der Waals surface area contributed by atoms with Gasteiger partial charge in [-0.05, 0) is 145 Å². The number of pyridine rings is 4. The molecule has 0 aromatic carbocycles. The molecule has 2 aliphatic carbocycles. The highest BCUT2D eigenvalue weighted by Crippen LogP contribution is 2.36. The Hall–Kier alpha value is -5.11. The third kappa shape index (κ3) is 13.3. The van der Waals surface area contributed by atoms with E-state index in [9.17, 15) is 14.0 Å². The van der Waals surface area contributed by atoms with Gasteiger partial charge in [-0.15, -0.1) is 0 Å². The smallest absolute Gasteiger partial charge is 0.357 e. The summed E-state index contributed by atoms with van der Waals surface area (Å²) in [6.45, 7) is 12.6. The third-order valence-electron chi connectivity index (χ3n) is 11.6. The number of hydrogen-bond acceptors (Lipinski definition) is 14. The van der Waals surface area contributed by atoms with Crippen LogP contribution in [0.15, 0.2) is 57.7 Å². The van der Waals surface area contributed by atoms with Crippen LogP contribution in [0.2, 0.25) is 0 Å². The SMILES string of the molecule is CCOC(=O)c1cc(NC2CCC(OC)CC2)c2c(C(C)C)[nH]nc2n1.CCOC(=O)c1cc(NC2CCC(OC)CC2)c2c(C(C)C)nn(-c3cccc(Br)n3)c2n1.Fc1cccc(Br)n1. The molecule has 3 N–H and O–H groups in total. The number of carbonyl (C=O) groups is 2. The van der Waals surface area contributed by atoms with E-state index in [2.05, 4.69) is 95.3 Å². The van der Waals surface area contributed by atoms with Crippen molar-refractivity contribution in [1.29, 1.82) is 0 Å². The van der Waals surface area contributed by atoms with Gasteiger partial charge >= 0.3 is 11.9 Å². The molecule has 67 heavy (non-hydrogen) atoms. The second-order valence-corrected chi connectivity index (χ2v) is 18.6. The summed E-state index contributed by atoms with van der Waals surface area (Å²) in [5, 5.41) is 21.5. The highest BCUT2D eigenvalue weighted by molar-refractivity contribution is 9.10. The lowest BCUT2D eigenvalue weighted by molar-refractivity contribution is 0.0510. The van der Waals surface area contributed by atoms with Gasteiger partial charge in [0.25, 0.3) is 0 Å².